The molecule has 2 aromatic rings. The summed E-state index contributed by atoms with van der Waals surface area (Å²) in [5.41, 5.74) is 1.63. The highest BCUT2D eigenvalue weighted by Crippen LogP contribution is 2.22. The molecule has 1 fully saturated rings. The Balaban J connectivity index is 0.000000432. The molecule has 2 aromatic carbocycles. The lowest BCUT2D eigenvalue weighted by Crippen LogP contribution is -1.74. The molecule has 0 unspecified atom stereocenters. The van der Waals surface area contributed by atoms with Crippen LogP contribution in [0.2, 0.25) is 0 Å². The Labute approximate surface area is 117 Å². The number of phenols is 3. The molecular formula is C16H17NO3. The Hall–Kier alpha value is -2.46. The van der Waals surface area contributed by atoms with Gasteiger partial charge in [-0.2, -0.15) is 0 Å². The normalized spacial score (nSPS) is 12.8. The van der Waals surface area contributed by atoms with Crippen molar-refractivity contribution in [3.63, 3.8) is 0 Å². The van der Waals surface area contributed by atoms with Crippen molar-refractivity contribution in [3.05, 3.63) is 53.6 Å². The number of aromatic hydroxyl groups is 3. The van der Waals surface area contributed by atoms with Gasteiger partial charge in [0.1, 0.15) is 17.2 Å². The van der Waals surface area contributed by atoms with Crippen LogP contribution in [0.5, 0.6) is 17.2 Å². The first-order valence-corrected chi connectivity index (χ1v) is 6.34. The molecule has 0 saturated carbocycles. The Kier molecular flexibility index (Phi) is 4.63. The second-order valence-electron chi connectivity index (χ2n) is 4.46. The predicted octanol–water partition coefficient (Wildman–Crippen LogP) is 2.56. The van der Waals surface area contributed by atoms with E-state index >= 15 is 0 Å². The summed E-state index contributed by atoms with van der Waals surface area (Å²) in [6, 6.07) is 11.1. The highest BCUT2D eigenvalue weighted by atomic mass is 16.3. The third-order valence-electron chi connectivity index (χ3n) is 2.54. The van der Waals surface area contributed by atoms with Gasteiger partial charge in [0, 0.05) is 19.2 Å². The van der Waals surface area contributed by atoms with Crippen LogP contribution in [0.15, 0.2) is 42.5 Å². The molecule has 0 spiro atoms. The SMILES string of the molecule is C1CN1.Oc1ccc(/C=C/c2cc(O)cc(O)c2)cc1. The summed E-state index contributed by atoms with van der Waals surface area (Å²) in [6.07, 6.45) is 3.60. The molecule has 0 radical (unpaired) electrons. The molecule has 0 aromatic heterocycles. The molecule has 1 heterocycles. The quantitative estimate of drug-likeness (QED) is 0.500. The maximum absolute atomic E-state index is 9.30. The van der Waals surface area contributed by atoms with Gasteiger partial charge in [0.15, 0.2) is 0 Å². The lowest BCUT2D eigenvalue weighted by atomic mass is 10.1. The fraction of sp³-hybridized carbons (Fsp3) is 0.125. The van der Waals surface area contributed by atoms with E-state index in [1.807, 2.05) is 6.08 Å². The molecule has 1 aliphatic heterocycles. The fourth-order valence-electron chi connectivity index (χ4n) is 1.49. The van der Waals surface area contributed by atoms with Gasteiger partial charge in [-0.1, -0.05) is 24.3 Å². The zero-order chi connectivity index (χ0) is 14.4. The minimum atomic E-state index is 0.0235. The number of phenolic OH excluding ortho intramolecular Hbond substituents is 3. The zero-order valence-electron chi connectivity index (χ0n) is 11.0. The number of rotatable bonds is 2. The van der Waals surface area contributed by atoms with E-state index < -0.39 is 0 Å². The molecule has 0 atom stereocenters. The van der Waals surface area contributed by atoms with Crippen LogP contribution in [0.3, 0.4) is 0 Å². The predicted molar refractivity (Wildman–Crippen MR) is 79.7 cm³/mol. The van der Waals surface area contributed by atoms with Crippen LogP contribution < -0.4 is 5.32 Å². The summed E-state index contributed by atoms with van der Waals surface area (Å²) in [5, 5.41) is 30.7. The van der Waals surface area contributed by atoms with Crippen LogP contribution in [0.1, 0.15) is 11.1 Å². The minimum absolute atomic E-state index is 0.0235. The van der Waals surface area contributed by atoms with Crippen molar-refractivity contribution in [2.45, 2.75) is 0 Å². The molecule has 4 heteroatoms. The highest BCUT2D eigenvalue weighted by molar-refractivity contribution is 5.71. The van der Waals surface area contributed by atoms with Crippen LogP contribution in [-0.2, 0) is 0 Å². The molecule has 0 bridgehead atoms. The van der Waals surface area contributed by atoms with Gasteiger partial charge >= 0.3 is 0 Å². The van der Waals surface area contributed by atoms with Crippen molar-refractivity contribution in [1.82, 2.24) is 5.32 Å². The van der Waals surface area contributed by atoms with E-state index in [0.29, 0.717) is 5.56 Å². The van der Waals surface area contributed by atoms with Gasteiger partial charge in [-0.05, 0) is 35.4 Å². The van der Waals surface area contributed by atoms with E-state index in [1.165, 1.54) is 19.2 Å². The second kappa shape index (κ2) is 6.63. The molecule has 0 amide bonds. The summed E-state index contributed by atoms with van der Waals surface area (Å²) >= 11 is 0. The van der Waals surface area contributed by atoms with E-state index in [2.05, 4.69) is 5.32 Å². The van der Waals surface area contributed by atoms with E-state index in [9.17, 15) is 10.2 Å². The number of hydrogen-bond donors (Lipinski definition) is 4. The van der Waals surface area contributed by atoms with Crippen molar-refractivity contribution in [2.75, 3.05) is 13.1 Å². The van der Waals surface area contributed by atoms with Crippen LogP contribution in [0.25, 0.3) is 12.2 Å². The number of benzene rings is 2. The molecule has 3 rings (SSSR count). The van der Waals surface area contributed by atoms with Crippen LogP contribution in [0.4, 0.5) is 0 Å². The van der Waals surface area contributed by atoms with Gasteiger partial charge in [0.2, 0.25) is 0 Å². The summed E-state index contributed by atoms with van der Waals surface area (Å²) in [5.74, 6) is 0.267. The third kappa shape index (κ3) is 5.04. The number of nitrogens with one attached hydrogen (secondary N) is 1. The maximum atomic E-state index is 9.30. The first-order chi connectivity index (χ1) is 9.63. The van der Waals surface area contributed by atoms with Crippen LogP contribution in [0, 0.1) is 0 Å². The van der Waals surface area contributed by atoms with E-state index in [1.54, 1.807) is 42.5 Å². The Morgan fingerprint density at radius 1 is 0.700 bits per heavy atom. The first kappa shape index (κ1) is 14.0. The van der Waals surface area contributed by atoms with E-state index in [0.717, 1.165) is 5.56 Å². The van der Waals surface area contributed by atoms with E-state index in [4.69, 9.17) is 5.11 Å². The zero-order valence-corrected chi connectivity index (χ0v) is 11.0. The summed E-state index contributed by atoms with van der Waals surface area (Å²) in [7, 11) is 0. The van der Waals surface area contributed by atoms with Crippen molar-refractivity contribution in [1.29, 1.82) is 0 Å². The Morgan fingerprint density at radius 3 is 1.70 bits per heavy atom. The van der Waals surface area contributed by atoms with Gasteiger partial charge in [-0.3, -0.25) is 0 Å². The Morgan fingerprint density at radius 2 is 1.20 bits per heavy atom. The lowest BCUT2D eigenvalue weighted by molar-refractivity contribution is 0.450. The molecular weight excluding hydrogens is 254 g/mol. The van der Waals surface area contributed by atoms with Crippen molar-refractivity contribution >= 4 is 12.2 Å². The fourth-order valence-corrected chi connectivity index (χ4v) is 1.49. The molecule has 0 aliphatic carbocycles. The Bertz CT molecular complexity index is 566. The minimum Gasteiger partial charge on any atom is -0.508 e. The lowest BCUT2D eigenvalue weighted by Gasteiger charge is -1.98. The molecule has 4 nitrogen and oxygen atoms in total. The molecule has 20 heavy (non-hydrogen) atoms. The summed E-state index contributed by atoms with van der Waals surface area (Å²) < 4.78 is 0. The molecule has 4 N–H and O–H groups in total. The molecule has 1 saturated heterocycles. The van der Waals surface area contributed by atoms with Gasteiger partial charge < -0.3 is 20.6 Å². The smallest absolute Gasteiger partial charge is 0.119 e. The van der Waals surface area contributed by atoms with Gasteiger partial charge in [0.05, 0.1) is 0 Å². The average Bonchev–Trinajstić information content (AvgIpc) is 3.25. The second-order valence-corrected chi connectivity index (χ2v) is 4.46. The largest absolute Gasteiger partial charge is 0.508 e. The summed E-state index contributed by atoms with van der Waals surface area (Å²) in [6.45, 7) is 2.50. The highest BCUT2D eigenvalue weighted by Gasteiger charge is 1.96. The van der Waals surface area contributed by atoms with Gasteiger partial charge in [-0.25, -0.2) is 0 Å². The maximum Gasteiger partial charge on any atom is 0.119 e. The van der Waals surface area contributed by atoms with Crippen LogP contribution >= 0.6 is 0 Å². The average molecular weight is 271 g/mol. The monoisotopic (exact) mass is 271 g/mol. The van der Waals surface area contributed by atoms with Gasteiger partial charge in [-0.15, -0.1) is 0 Å². The molecule has 104 valence electrons. The molecule has 1 aliphatic rings. The standard InChI is InChI=1S/C14H12O3.C2H5N/c15-12-5-3-10(4-6-12)1-2-11-7-13(16)9-14(17)8-11;1-2-3-1/h1-9,15-17H;3H,1-2H2/b2-1+;. The van der Waals surface area contributed by atoms with Crippen molar-refractivity contribution in [2.24, 2.45) is 0 Å². The van der Waals surface area contributed by atoms with Crippen molar-refractivity contribution in [3.8, 4) is 17.2 Å². The summed E-state index contributed by atoms with van der Waals surface area (Å²) in [4.78, 5) is 0. The first-order valence-electron chi connectivity index (χ1n) is 6.34. The number of hydrogen-bond acceptors (Lipinski definition) is 4. The van der Waals surface area contributed by atoms with Crippen LogP contribution in [-0.4, -0.2) is 28.4 Å². The van der Waals surface area contributed by atoms with Crippen molar-refractivity contribution < 1.29 is 15.3 Å². The van der Waals surface area contributed by atoms with Gasteiger partial charge in [0.25, 0.3) is 0 Å². The third-order valence-corrected chi connectivity index (χ3v) is 2.54. The topological polar surface area (TPSA) is 82.6 Å². The van der Waals surface area contributed by atoms with E-state index in [-0.39, 0.29) is 17.2 Å².